The standard InChI is InChI=1S/C36H43N3O5.C2HF3O2/c1-43-32-22-30-28-19-26(32)17-7-3-2-4-12-18-37-34(25-15-10-6-11-16-25)35(40)39-23-27(20-31(39)36(41)42)44-33(28)21-29(38-30)24-13-8-5-9-14-24;3-2(4,5)1(6)7/h5,7-9,13-14,17,19,21-22,25,27,31,34,37H,2-4,6,10-12,15-16,18,20,23H2,1H3,(H,41,42);(H,6,7)/b17-7+;/t27-,31+,34+;/m1./s1. The van der Waals surface area contributed by atoms with Gasteiger partial charge in [0.15, 0.2) is 0 Å². The number of benzene rings is 2. The van der Waals surface area contributed by atoms with Crippen LogP contribution in [0.2, 0.25) is 0 Å². The average Bonchev–Trinajstić information content (AvgIpc) is 3.55. The Bertz CT molecular complexity index is 1710. The SMILES string of the molecule is COc1cc2nc(-c3ccccc3)cc3c2cc1/C=C/CCCCCN[C@@H](C1CCCCC1)C(=O)N1C[C@@H](C[C@H]1C(=O)O)O3.O=C(O)C(F)(F)F. The first kappa shape index (κ1) is 37.6. The van der Waals surface area contributed by atoms with Crippen molar-refractivity contribution in [3.05, 3.63) is 60.2 Å². The molecule has 0 unspecified atom stereocenters. The van der Waals surface area contributed by atoms with E-state index in [0.29, 0.717) is 5.75 Å². The molecule has 2 aliphatic heterocycles. The number of carboxylic acid groups (broad SMARTS) is 2. The number of pyridine rings is 1. The van der Waals surface area contributed by atoms with Crippen LogP contribution in [0.4, 0.5) is 13.2 Å². The Morgan fingerprint density at radius 2 is 1.71 bits per heavy atom. The van der Waals surface area contributed by atoms with Crippen molar-refractivity contribution in [3.8, 4) is 22.8 Å². The van der Waals surface area contributed by atoms with Crippen molar-refractivity contribution in [2.24, 2.45) is 5.92 Å². The number of methoxy groups -OCH3 is 1. The number of fused-ring (bicyclic) bond motifs is 3. The lowest BCUT2D eigenvalue weighted by molar-refractivity contribution is -0.192. The van der Waals surface area contributed by atoms with Crippen molar-refractivity contribution < 1.29 is 47.2 Å². The van der Waals surface area contributed by atoms with Crippen LogP contribution in [0, 0.1) is 5.92 Å². The number of nitrogens with zero attached hydrogens (tertiary/aromatic N) is 2. The summed E-state index contributed by atoms with van der Waals surface area (Å²) in [5, 5.41) is 21.8. The normalized spacial score (nSPS) is 22.6. The summed E-state index contributed by atoms with van der Waals surface area (Å²) in [6.45, 7) is 0.976. The molecule has 3 aromatic rings. The van der Waals surface area contributed by atoms with Gasteiger partial charge in [-0.25, -0.2) is 14.6 Å². The largest absolute Gasteiger partial charge is 0.496 e. The lowest BCUT2D eigenvalue weighted by atomic mass is 9.83. The third kappa shape index (κ3) is 9.57. The molecule has 0 radical (unpaired) electrons. The fourth-order valence-electron chi connectivity index (χ4n) is 7.07. The summed E-state index contributed by atoms with van der Waals surface area (Å²) in [6.07, 6.45) is 8.38. The first-order chi connectivity index (χ1) is 24.5. The van der Waals surface area contributed by atoms with Crippen molar-refractivity contribution in [1.82, 2.24) is 15.2 Å². The maximum atomic E-state index is 14.2. The highest BCUT2D eigenvalue weighted by Crippen LogP contribution is 2.37. The van der Waals surface area contributed by atoms with E-state index in [4.69, 9.17) is 24.4 Å². The van der Waals surface area contributed by atoms with Crippen LogP contribution in [0.15, 0.2) is 54.6 Å². The van der Waals surface area contributed by atoms with Gasteiger partial charge in [0.25, 0.3) is 0 Å². The molecule has 274 valence electrons. The third-order valence-electron chi connectivity index (χ3n) is 9.66. The molecule has 6 rings (SSSR count). The van der Waals surface area contributed by atoms with Gasteiger partial charge in [0, 0.05) is 35.1 Å². The Morgan fingerprint density at radius 3 is 2.37 bits per heavy atom. The van der Waals surface area contributed by atoms with Crippen LogP contribution in [-0.2, 0) is 14.4 Å². The minimum absolute atomic E-state index is 0.101. The molecule has 2 aromatic carbocycles. The molecule has 3 N–H and O–H groups in total. The molecular formula is C38H44F3N3O7. The number of aromatic nitrogens is 1. The molecule has 3 atom stereocenters. The number of nitrogens with one attached hydrogen (secondary N) is 1. The summed E-state index contributed by atoms with van der Waals surface area (Å²) >= 11 is 0. The summed E-state index contributed by atoms with van der Waals surface area (Å²) in [5.74, 6) is -2.26. The van der Waals surface area contributed by atoms with Gasteiger partial charge in [-0.15, -0.1) is 0 Å². The van der Waals surface area contributed by atoms with E-state index >= 15 is 0 Å². The van der Waals surface area contributed by atoms with E-state index in [0.717, 1.165) is 91.4 Å². The number of halogens is 3. The molecule has 2 fully saturated rings. The number of ether oxygens (including phenoxy) is 2. The molecule has 13 heteroatoms. The zero-order valence-corrected chi connectivity index (χ0v) is 28.5. The minimum atomic E-state index is -5.08. The molecule has 10 nitrogen and oxygen atoms in total. The molecule has 3 heterocycles. The van der Waals surface area contributed by atoms with E-state index < -0.39 is 30.3 Å². The van der Waals surface area contributed by atoms with Gasteiger partial charge in [0.2, 0.25) is 5.91 Å². The highest BCUT2D eigenvalue weighted by molar-refractivity contribution is 5.92. The van der Waals surface area contributed by atoms with Gasteiger partial charge in [-0.2, -0.15) is 13.2 Å². The maximum absolute atomic E-state index is 14.2. The van der Waals surface area contributed by atoms with Gasteiger partial charge >= 0.3 is 18.1 Å². The predicted octanol–water partition coefficient (Wildman–Crippen LogP) is 7.10. The molecule has 1 saturated heterocycles. The summed E-state index contributed by atoms with van der Waals surface area (Å²) in [5.41, 5.74) is 3.36. The number of rotatable bonds is 4. The lowest BCUT2D eigenvalue weighted by Gasteiger charge is -2.34. The predicted molar refractivity (Wildman–Crippen MR) is 185 cm³/mol. The molecule has 3 aliphatic rings. The monoisotopic (exact) mass is 711 g/mol. The number of carboxylic acids is 2. The quantitative estimate of drug-likeness (QED) is 0.259. The summed E-state index contributed by atoms with van der Waals surface area (Å²) in [4.78, 5) is 42.1. The second kappa shape index (κ2) is 17.0. The number of allylic oxidation sites excluding steroid dienone is 1. The maximum Gasteiger partial charge on any atom is 0.490 e. The Morgan fingerprint density at radius 1 is 1.00 bits per heavy atom. The number of amides is 1. The molecule has 4 bridgehead atoms. The summed E-state index contributed by atoms with van der Waals surface area (Å²) in [6, 6.07) is 14.5. The van der Waals surface area contributed by atoms with Crippen molar-refractivity contribution in [3.63, 3.8) is 0 Å². The van der Waals surface area contributed by atoms with E-state index in [1.54, 1.807) is 12.0 Å². The number of carbonyl (C=O) groups is 3. The van der Waals surface area contributed by atoms with Crippen molar-refractivity contribution in [1.29, 1.82) is 0 Å². The highest BCUT2D eigenvalue weighted by atomic mass is 19.4. The number of hydrogen-bond acceptors (Lipinski definition) is 7. The second-order valence-corrected chi connectivity index (χ2v) is 13.2. The van der Waals surface area contributed by atoms with Gasteiger partial charge < -0.3 is 29.9 Å². The van der Waals surface area contributed by atoms with E-state index in [1.165, 1.54) is 6.42 Å². The first-order valence-electron chi connectivity index (χ1n) is 17.4. The van der Waals surface area contributed by atoms with Crippen LogP contribution >= 0.6 is 0 Å². The Kier molecular flexibility index (Phi) is 12.6. The van der Waals surface area contributed by atoms with Gasteiger partial charge in [0.05, 0.1) is 30.9 Å². The van der Waals surface area contributed by atoms with Crippen LogP contribution in [0.5, 0.6) is 11.5 Å². The second-order valence-electron chi connectivity index (χ2n) is 13.2. The van der Waals surface area contributed by atoms with E-state index in [1.807, 2.05) is 48.5 Å². The number of aliphatic carboxylic acids is 2. The fraction of sp³-hybridized carbons (Fsp3) is 0.474. The Hall–Kier alpha value is -4.65. The van der Waals surface area contributed by atoms with Crippen LogP contribution in [0.1, 0.15) is 69.8 Å². The fourth-order valence-corrected chi connectivity index (χ4v) is 7.07. The topological polar surface area (TPSA) is 138 Å². The zero-order valence-electron chi connectivity index (χ0n) is 28.5. The van der Waals surface area contributed by atoms with Gasteiger partial charge in [-0.1, -0.05) is 68.2 Å². The average molecular weight is 712 g/mol. The minimum Gasteiger partial charge on any atom is -0.496 e. The molecule has 1 amide bonds. The van der Waals surface area contributed by atoms with E-state index in [2.05, 4.69) is 17.5 Å². The number of hydrogen-bond donors (Lipinski definition) is 3. The molecule has 1 saturated carbocycles. The Balaban J connectivity index is 0.000000654. The molecule has 1 aromatic heterocycles. The zero-order chi connectivity index (χ0) is 36.5. The van der Waals surface area contributed by atoms with Crippen molar-refractivity contribution in [2.75, 3.05) is 20.2 Å². The lowest BCUT2D eigenvalue weighted by Crippen LogP contribution is -2.54. The van der Waals surface area contributed by atoms with Crippen LogP contribution in [-0.4, -0.2) is 82.5 Å². The van der Waals surface area contributed by atoms with Crippen LogP contribution < -0.4 is 14.8 Å². The van der Waals surface area contributed by atoms with Gasteiger partial charge in [-0.05, 0) is 50.6 Å². The van der Waals surface area contributed by atoms with E-state index in [9.17, 15) is 27.9 Å². The summed E-state index contributed by atoms with van der Waals surface area (Å²) in [7, 11) is 1.67. The molecular weight excluding hydrogens is 667 g/mol. The highest BCUT2D eigenvalue weighted by Gasteiger charge is 2.44. The smallest absolute Gasteiger partial charge is 0.490 e. The summed E-state index contributed by atoms with van der Waals surface area (Å²) < 4.78 is 44.2. The number of carbonyl (C=O) groups excluding carboxylic acids is 1. The molecule has 51 heavy (non-hydrogen) atoms. The first-order valence-corrected chi connectivity index (χ1v) is 17.4. The van der Waals surface area contributed by atoms with Gasteiger partial charge in [-0.3, -0.25) is 4.79 Å². The van der Waals surface area contributed by atoms with Gasteiger partial charge in [0.1, 0.15) is 23.6 Å². The third-order valence-corrected chi connectivity index (χ3v) is 9.66. The molecule has 1 aliphatic carbocycles. The Labute approximate surface area is 294 Å². The van der Waals surface area contributed by atoms with Crippen LogP contribution in [0.25, 0.3) is 28.2 Å². The van der Waals surface area contributed by atoms with Crippen LogP contribution in [0.3, 0.4) is 0 Å². The number of alkyl halides is 3. The van der Waals surface area contributed by atoms with E-state index in [-0.39, 0.29) is 30.8 Å². The molecule has 0 spiro atoms. The van der Waals surface area contributed by atoms with Crippen molar-refractivity contribution in [2.45, 2.75) is 88.6 Å². The van der Waals surface area contributed by atoms with Crippen molar-refractivity contribution >= 4 is 34.8 Å².